The molecule has 0 atom stereocenters. The number of rotatable bonds is 1. The molecule has 106 valence electrons. The summed E-state index contributed by atoms with van der Waals surface area (Å²) < 4.78 is 0.888. The molecule has 0 fully saturated rings. The number of anilines is 1. The summed E-state index contributed by atoms with van der Waals surface area (Å²) >= 11 is 14.2. The number of nitrogen functional groups attached to an aromatic ring is 1. The molecule has 0 spiro atoms. The van der Waals surface area contributed by atoms with Gasteiger partial charge in [0.05, 0.1) is 19.3 Å². The van der Waals surface area contributed by atoms with Gasteiger partial charge in [-0.2, -0.15) is 0 Å². The molecule has 1 aromatic carbocycles. The largest absolute Gasteiger partial charge is 0.383 e. The number of nitrogens with two attached hydrogens (primary N) is 1. The van der Waals surface area contributed by atoms with Gasteiger partial charge in [0.2, 0.25) is 0 Å². The number of nitrogens with zero attached hydrogens (tertiary/aromatic N) is 2. The molecule has 1 heterocycles. The van der Waals surface area contributed by atoms with Crippen molar-refractivity contribution in [3.05, 3.63) is 37.5 Å². The van der Waals surface area contributed by atoms with Crippen LogP contribution >= 0.6 is 45.8 Å². The number of benzene rings is 1. The zero-order valence-corrected chi connectivity index (χ0v) is 15.0. The standard InChI is InChI=1S/C14H14Cl2IN3/c1-14(2,3)11-10(17)12(18)20-13(19-11)7-4-5-8(15)9(16)6-7/h4-6H,1-3H3,(H2,18,19,20). The molecule has 0 unspecified atom stereocenters. The van der Waals surface area contributed by atoms with Crippen LogP contribution < -0.4 is 5.73 Å². The second-order valence-corrected chi connectivity index (χ2v) is 7.37. The highest BCUT2D eigenvalue weighted by atomic mass is 127. The molecule has 0 bridgehead atoms. The minimum Gasteiger partial charge on any atom is -0.383 e. The first-order chi connectivity index (χ1) is 9.20. The van der Waals surface area contributed by atoms with E-state index in [9.17, 15) is 0 Å². The van der Waals surface area contributed by atoms with E-state index in [2.05, 4.69) is 53.3 Å². The Bertz CT molecular complexity index is 666. The quantitative estimate of drug-likeness (QED) is 0.663. The van der Waals surface area contributed by atoms with E-state index in [4.69, 9.17) is 28.9 Å². The smallest absolute Gasteiger partial charge is 0.161 e. The van der Waals surface area contributed by atoms with Gasteiger partial charge in [0.15, 0.2) is 5.82 Å². The van der Waals surface area contributed by atoms with Crippen LogP contribution in [0.2, 0.25) is 10.0 Å². The molecule has 20 heavy (non-hydrogen) atoms. The zero-order valence-electron chi connectivity index (χ0n) is 11.3. The first kappa shape index (κ1) is 15.8. The van der Waals surface area contributed by atoms with Gasteiger partial charge in [-0.3, -0.25) is 0 Å². The third-order valence-electron chi connectivity index (χ3n) is 2.77. The molecule has 0 amide bonds. The van der Waals surface area contributed by atoms with E-state index in [1.807, 2.05) is 6.07 Å². The van der Waals surface area contributed by atoms with Crippen LogP contribution in [0, 0.1) is 3.57 Å². The fourth-order valence-corrected chi connectivity index (χ4v) is 3.07. The molecular formula is C14H14Cl2IN3. The molecule has 2 N–H and O–H groups in total. The van der Waals surface area contributed by atoms with Crippen LogP contribution in [0.15, 0.2) is 18.2 Å². The van der Waals surface area contributed by atoms with Crippen molar-refractivity contribution in [2.75, 3.05) is 5.73 Å². The van der Waals surface area contributed by atoms with Crippen molar-refractivity contribution in [2.24, 2.45) is 0 Å². The van der Waals surface area contributed by atoms with Gasteiger partial charge < -0.3 is 5.73 Å². The maximum absolute atomic E-state index is 6.04. The highest BCUT2D eigenvalue weighted by Gasteiger charge is 2.22. The first-order valence-electron chi connectivity index (χ1n) is 5.99. The van der Waals surface area contributed by atoms with Crippen LogP contribution in [0.4, 0.5) is 5.82 Å². The second-order valence-electron chi connectivity index (χ2n) is 5.47. The third-order valence-corrected chi connectivity index (χ3v) is 4.57. The third kappa shape index (κ3) is 3.18. The van der Waals surface area contributed by atoms with E-state index in [1.165, 1.54) is 0 Å². The van der Waals surface area contributed by atoms with Gasteiger partial charge in [-0.1, -0.05) is 44.0 Å². The normalized spacial score (nSPS) is 11.7. The topological polar surface area (TPSA) is 51.8 Å². The maximum atomic E-state index is 6.04. The Balaban J connectivity index is 2.63. The number of hydrogen-bond acceptors (Lipinski definition) is 3. The Labute approximate surface area is 142 Å². The lowest BCUT2D eigenvalue weighted by atomic mass is 9.92. The van der Waals surface area contributed by atoms with Crippen LogP contribution in [0.3, 0.4) is 0 Å². The minimum atomic E-state index is -0.113. The lowest BCUT2D eigenvalue weighted by Gasteiger charge is -2.21. The molecule has 0 saturated carbocycles. The molecule has 6 heteroatoms. The van der Waals surface area contributed by atoms with Crippen molar-refractivity contribution in [3.8, 4) is 11.4 Å². The van der Waals surface area contributed by atoms with Gasteiger partial charge in [-0.05, 0) is 40.8 Å². The molecule has 0 aliphatic heterocycles. The molecule has 0 saturated heterocycles. The van der Waals surface area contributed by atoms with Gasteiger partial charge in [0, 0.05) is 11.0 Å². The fourth-order valence-electron chi connectivity index (χ4n) is 1.73. The molecule has 2 aromatic rings. The molecule has 0 aliphatic carbocycles. The van der Waals surface area contributed by atoms with Crippen LogP contribution in [0.25, 0.3) is 11.4 Å². The summed E-state index contributed by atoms with van der Waals surface area (Å²) in [4.78, 5) is 8.99. The summed E-state index contributed by atoms with van der Waals surface area (Å²) in [6.07, 6.45) is 0. The van der Waals surface area contributed by atoms with Crippen LogP contribution in [0.5, 0.6) is 0 Å². The number of aromatic nitrogens is 2. The van der Waals surface area contributed by atoms with Crippen molar-refractivity contribution in [3.63, 3.8) is 0 Å². The van der Waals surface area contributed by atoms with E-state index in [0.29, 0.717) is 21.7 Å². The average Bonchev–Trinajstić information content (AvgIpc) is 2.34. The Hall–Kier alpha value is -0.590. The molecular weight excluding hydrogens is 408 g/mol. The molecule has 0 aliphatic rings. The summed E-state index contributed by atoms with van der Waals surface area (Å²) in [7, 11) is 0. The van der Waals surface area contributed by atoms with Crippen molar-refractivity contribution < 1.29 is 0 Å². The van der Waals surface area contributed by atoms with Crippen LogP contribution in [-0.4, -0.2) is 9.97 Å². The van der Waals surface area contributed by atoms with E-state index in [-0.39, 0.29) is 5.41 Å². The monoisotopic (exact) mass is 421 g/mol. The van der Waals surface area contributed by atoms with Gasteiger partial charge in [0.1, 0.15) is 5.82 Å². The minimum absolute atomic E-state index is 0.113. The molecule has 0 radical (unpaired) electrons. The predicted molar refractivity (Wildman–Crippen MR) is 93.3 cm³/mol. The van der Waals surface area contributed by atoms with Gasteiger partial charge >= 0.3 is 0 Å². The Morgan fingerprint density at radius 3 is 2.30 bits per heavy atom. The van der Waals surface area contributed by atoms with Crippen molar-refractivity contribution in [1.29, 1.82) is 0 Å². The van der Waals surface area contributed by atoms with Crippen molar-refractivity contribution >= 4 is 51.6 Å². The SMILES string of the molecule is CC(C)(C)c1nc(-c2ccc(Cl)c(Cl)c2)nc(N)c1I. The van der Waals surface area contributed by atoms with E-state index in [0.717, 1.165) is 14.8 Å². The predicted octanol–water partition coefficient (Wildman–Crippen LogP) is 4.93. The lowest BCUT2D eigenvalue weighted by molar-refractivity contribution is 0.564. The number of halogens is 3. The summed E-state index contributed by atoms with van der Waals surface area (Å²) in [5, 5.41) is 0.979. The average molecular weight is 422 g/mol. The fraction of sp³-hybridized carbons (Fsp3) is 0.286. The van der Waals surface area contributed by atoms with E-state index in [1.54, 1.807) is 12.1 Å². The summed E-state index contributed by atoms with van der Waals surface area (Å²) in [5.74, 6) is 1.04. The second kappa shape index (κ2) is 5.66. The highest BCUT2D eigenvalue weighted by molar-refractivity contribution is 14.1. The van der Waals surface area contributed by atoms with Gasteiger partial charge in [-0.15, -0.1) is 0 Å². The first-order valence-corrected chi connectivity index (χ1v) is 7.82. The zero-order chi connectivity index (χ0) is 15.1. The Morgan fingerprint density at radius 1 is 1.10 bits per heavy atom. The Kier molecular flexibility index (Phi) is 4.47. The highest BCUT2D eigenvalue weighted by Crippen LogP contribution is 2.32. The van der Waals surface area contributed by atoms with Gasteiger partial charge in [-0.25, -0.2) is 9.97 Å². The lowest BCUT2D eigenvalue weighted by Crippen LogP contribution is -2.18. The summed E-state index contributed by atoms with van der Waals surface area (Å²) in [5.41, 5.74) is 7.62. The molecule has 1 aromatic heterocycles. The summed E-state index contributed by atoms with van der Waals surface area (Å²) in [6, 6.07) is 5.31. The van der Waals surface area contributed by atoms with Crippen LogP contribution in [-0.2, 0) is 5.41 Å². The number of hydrogen-bond donors (Lipinski definition) is 1. The van der Waals surface area contributed by atoms with E-state index >= 15 is 0 Å². The van der Waals surface area contributed by atoms with Crippen molar-refractivity contribution in [2.45, 2.75) is 26.2 Å². The van der Waals surface area contributed by atoms with E-state index < -0.39 is 0 Å². The maximum Gasteiger partial charge on any atom is 0.161 e. The summed E-state index contributed by atoms with van der Waals surface area (Å²) in [6.45, 7) is 6.28. The molecule has 3 nitrogen and oxygen atoms in total. The Morgan fingerprint density at radius 2 is 1.75 bits per heavy atom. The van der Waals surface area contributed by atoms with Gasteiger partial charge in [0.25, 0.3) is 0 Å². The van der Waals surface area contributed by atoms with Crippen molar-refractivity contribution in [1.82, 2.24) is 9.97 Å². The van der Waals surface area contributed by atoms with Crippen LogP contribution in [0.1, 0.15) is 26.5 Å². The molecule has 2 rings (SSSR count).